The maximum atomic E-state index is 12.4. The lowest BCUT2D eigenvalue weighted by molar-refractivity contribution is -0.122. The standard InChI is InChI=1S/C20H24BrNO2/c1-12(2)18-8-7-17(11-13(18)3)24-15(5)20(23)22-19-9-6-16(21)10-14(19)4/h6-12,15H,1-5H3,(H,22,23). The van der Waals surface area contributed by atoms with Crippen LogP contribution in [0.4, 0.5) is 5.69 Å². The average molecular weight is 390 g/mol. The highest BCUT2D eigenvalue weighted by atomic mass is 79.9. The highest BCUT2D eigenvalue weighted by molar-refractivity contribution is 9.10. The molecule has 0 saturated heterocycles. The van der Waals surface area contributed by atoms with Crippen LogP contribution in [0.2, 0.25) is 0 Å². The van der Waals surface area contributed by atoms with E-state index >= 15 is 0 Å². The van der Waals surface area contributed by atoms with E-state index in [0.29, 0.717) is 11.7 Å². The predicted octanol–water partition coefficient (Wildman–Crippen LogP) is 5.60. The third kappa shape index (κ3) is 4.60. The molecule has 0 bridgehead atoms. The normalized spacial score (nSPS) is 12.1. The van der Waals surface area contributed by atoms with Crippen LogP contribution in [0.5, 0.6) is 5.75 Å². The molecule has 128 valence electrons. The summed E-state index contributed by atoms with van der Waals surface area (Å²) in [5.74, 6) is 1.03. The zero-order valence-corrected chi connectivity index (χ0v) is 16.4. The van der Waals surface area contributed by atoms with E-state index in [-0.39, 0.29) is 5.91 Å². The smallest absolute Gasteiger partial charge is 0.265 e. The van der Waals surface area contributed by atoms with Gasteiger partial charge in [0, 0.05) is 10.2 Å². The van der Waals surface area contributed by atoms with E-state index in [0.717, 1.165) is 15.7 Å². The molecule has 0 saturated carbocycles. The van der Waals surface area contributed by atoms with Crippen molar-refractivity contribution in [3.8, 4) is 5.75 Å². The Morgan fingerprint density at radius 1 is 1.04 bits per heavy atom. The summed E-state index contributed by atoms with van der Waals surface area (Å²) in [5.41, 5.74) is 4.27. The molecule has 0 aromatic heterocycles. The Hall–Kier alpha value is -1.81. The molecule has 0 aliphatic heterocycles. The second-order valence-corrected chi connectivity index (χ2v) is 7.30. The topological polar surface area (TPSA) is 38.3 Å². The van der Waals surface area contributed by atoms with Crippen molar-refractivity contribution in [1.82, 2.24) is 0 Å². The van der Waals surface area contributed by atoms with E-state index in [9.17, 15) is 4.79 Å². The summed E-state index contributed by atoms with van der Waals surface area (Å²) in [4.78, 5) is 12.4. The number of benzene rings is 2. The zero-order chi connectivity index (χ0) is 17.9. The Morgan fingerprint density at radius 3 is 2.33 bits per heavy atom. The maximum absolute atomic E-state index is 12.4. The van der Waals surface area contributed by atoms with Gasteiger partial charge in [0.25, 0.3) is 5.91 Å². The quantitative estimate of drug-likeness (QED) is 0.722. The molecule has 1 N–H and O–H groups in total. The fourth-order valence-electron chi connectivity index (χ4n) is 2.63. The first-order valence-electron chi connectivity index (χ1n) is 8.12. The Bertz CT molecular complexity index is 740. The minimum atomic E-state index is -0.572. The minimum Gasteiger partial charge on any atom is -0.481 e. The molecule has 4 heteroatoms. The van der Waals surface area contributed by atoms with Crippen LogP contribution >= 0.6 is 15.9 Å². The number of anilines is 1. The molecule has 1 atom stereocenters. The number of hydrogen-bond donors (Lipinski definition) is 1. The number of halogens is 1. The largest absolute Gasteiger partial charge is 0.481 e. The molecular formula is C20H24BrNO2. The van der Waals surface area contributed by atoms with Crippen LogP contribution in [0.15, 0.2) is 40.9 Å². The van der Waals surface area contributed by atoms with Gasteiger partial charge in [0.1, 0.15) is 5.75 Å². The van der Waals surface area contributed by atoms with Gasteiger partial charge >= 0.3 is 0 Å². The fraction of sp³-hybridized carbons (Fsp3) is 0.350. The number of carbonyl (C=O) groups excluding carboxylic acids is 1. The molecule has 0 radical (unpaired) electrons. The Kier molecular flexibility index (Phi) is 6.05. The number of ether oxygens (including phenoxy) is 1. The van der Waals surface area contributed by atoms with Crippen LogP contribution < -0.4 is 10.1 Å². The first-order chi connectivity index (χ1) is 11.3. The summed E-state index contributed by atoms with van der Waals surface area (Å²) in [6, 6.07) is 11.7. The van der Waals surface area contributed by atoms with Gasteiger partial charge in [0.2, 0.25) is 0 Å². The van der Waals surface area contributed by atoms with Gasteiger partial charge in [-0.3, -0.25) is 4.79 Å². The molecule has 24 heavy (non-hydrogen) atoms. The summed E-state index contributed by atoms with van der Waals surface area (Å²) < 4.78 is 6.80. The molecule has 0 aliphatic carbocycles. The highest BCUT2D eigenvalue weighted by Crippen LogP contribution is 2.25. The first-order valence-corrected chi connectivity index (χ1v) is 8.91. The SMILES string of the molecule is Cc1cc(Br)ccc1NC(=O)C(C)Oc1ccc(C(C)C)c(C)c1. The summed E-state index contributed by atoms with van der Waals surface area (Å²) in [6.07, 6.45) is -0.572. The number of nitrogens with one attached hydrogen (secondary N) is 1. The Balaban J connectivity index is 2.05. The predicted molar refractivity (Wildman–Crippen MR) is 103 cm³/mol. The number of aryl methyl sites for hydroxylation is 2. The van der Waals surface area contributed by atoms with Crippen molar-refractivity contribution in [3.63, 3.8) is 0 Å². The van der Waals surface area contributed by atoms with E-state index in [1.54, 1.807) is 6.92 Å². The second kappa shape index (κ2) is 7.84. The van der Waals surface area contributed by atoms with E-state index in [1.165, 1.54) is 11.1 Å². The van der Waals surface area contributed by atoms with Gasteiger partial charge in [-0.25, -0.2) is 0 Å². The van der Waals surface area contributed by atoms with Crippen molar-refractivity contribution in [2.24, 2.45) is 0 Å². The molecule has 0 aliphatic rings. The maximum Gasteiger partial charge on any atom is 0.265 e. The molecule has 0 heterocycles. The van der Waals surface area contributed by atoms with Crippen molar-refractivity contribution in [2.75, 3.05) is 5.32 Å². The lowest BCUT2D eigenvalue weighted by atomic mass is 9.98. The Morgan fingerprint density at radius 2 is 1.75 bits per heavy atom. The van der Waals surface area contributed by atoms with Crippen LogP contribution in [0.3, 0.4) is 0 Å². The number of amides is 1. The van der Waals surface area contributed by atoms with Gasteiger partial charge in [-0.1, -0.05) is 35.8 Å². The summed E-state index contributed by atoms with van der Waals surface area (Å²) in [6.45, 7) is 10.1. The third-order valence-corrected chi connectivity index (χ3v) is 4.48. The molecule has 0 spiro atoms. The second-order valence-electron chi connectivity index (χ2n) is 6.38. The van der Waals surface area contributed by atoms with Crippen LogP contribution in [-0.4, -0.2) is 12.0 Å². The van der Waals surface area contributed by atoms with Crippen LogP contribution in [0.25, 0.3) is 0 Å². The third-order valence-electron chi connectivity index (χ3n) is 3.99. The minimum absolute atomic E-state index is 0.161. The lowest BCUT2D eigenvalue weighted by Crippen LogP contribution is -2.30. The molecule has 2 aromatic rings. The van der Waals surface area contributed by atoms with Gasteiger partial charge in [-0.05, 0) is 73.7 Å². The first kappa shape index (κ1) is 18.5. The van der Waals surface area contributed by atoms with Gasteiger partial charge in [-0.15, -0.1) is 0 Å². The van der Waals surface area contributed by atoms with Gasteiger partial charge < -0.3 is 10.1 Å². The summed E-state index contributed by atoms with van der Waals surface area (Å²) in [5, 5.41) is 2.92. The fourth-order valence-corrected chi connectivity index (χ4v) is 3.10. The molecule has 2 aromatic carbocycles. The van der Waals surface area contributed by atoms with E-state index < -0.39 is 6.10 Å². The van der Waals surface area contributed by atoms with Crippen molar-refractivity contribution in [3.05, 3.63) is 57.6 Å². The lowest BCUT2D eigenvalue weighted by Gasteiger charge is -2.17. The Labute approximate surface area is 152 Å². The monoisotopic (exact) mass is 389 g/mol. The number of hydrogen-bond acceptors (Lipinski definition) is 2. The van der Waals surface area contributed by atoms with E-state index in [1.807, 2.05) is 37.3 Å². The van der Waals surface area contributed by atoms with Crippen LogP contribution in [0.1, 0.15) is 43.4 Å². The molecule has 0 fully saturated rings. The zero-order valence-electron chi connectivity index (χ0n) is 14.8. The summed E-state index contributed by atoms with van der Waals surface area (Å²) in [7, 11) is 0. The van der Waals surface area contributed by atoms with Gasteiger partial charge in [-0.2, -0.15) is 0 Å². The average Bonchev–Trinajstić information content (AvgIpc) is 2.49. The molecule has 1 unspecified atom stereocenters. The number of carbonyl (C=O) groups is 1. The van der Waals surface area contributed by atoms with Crippen molar-refractivity contribution in [1.29, 1.82) is 0 Å². The van der Waals surface area contributed by atoms with Gasteiger partial charge in [0.15, 0.2) is 6.10 Å². The van der Waals surface area contributed by atoms with Crippen LogP contribution in [0, 0.1) is 13.8 Å². The molecule has 2 rings (SSSR count). The van der Waals surface area contributed by atoms with Crippen molar-refractivity contribution in [2.45, 2.75) is 46.6 Å². The number of rotatable bonds is 5. The highest BCUT2D eigenvalue weighted by Gasteiger charge is 2.16. The van der Waals surface area contributed by atoms with Crippen molar-refractivity contribution >= 4 is 27.5 Å². The molecular weight excluding hydrogens is 366 g/mol. The molecule has 3 nitrogen and oxygen atoms in total. The molecule has 1 amide bonds. The summed E-state index contributed by atoms with van der Waals surface area (Å²) >= 11 is 3.42. The van der Waals surface area contributed by atoms with Crippen molar-refractivity contribution < 1.29 is 9.53 Å². The van der Waals surface area contributed by atoms with E-state index in [4.69, 9.17) is 4.74 Å². The van der Waals surface area contributed by atoms with Crippen LogP contribution in [-0.2, 0) is 4.79 Å². The van der Waals surface area contributed by atoms with Gasteiger partial charge in [0.05, 0.1) is 0 Å². The van der Waals surface area contributed by atoms with E-state index in [2.05, 4.69) is 48.1 Å².